The van der Waals surface area contributed by atoms with E-state index in [1.807, 2.05) is 39.0 Å². The number of nitrogens with zero attached hydrogens (tertiary/aromatic N) is 1. The molecule has 1 aliphatic rings. The molecule has 32 heavy (non-hydrogen) atoms. The first kappa shape index (κ1) is 23.6. The molecule has 0 unspecified atom stereocenters. The van der Waals surface area contributed by atoms with Gasteiger partial charge in [0.2, 0.25) is 6.79 Å². The number of hydrogen-bond donors (Lipinski definition) is 1. The van der Waals surface area contributed by atoms with E-state index in [9.17, 15) is 9.59 Å². The van der Waals surface area contributed by atoms with Crippen LogP contribution in [-0.2, 0) is 0 Å². The van der Waals surface area contributed by atoms with Gasteiger partial charge in [-0.05, 0) is 62.4 Å². The summed E-state index contributed by atoms with van der Waals surface area (Å²) in [4.78, 5) is 27.1. The van der Waals surface area contributed by atoms with Gasteiger partial charge in [-0.3, -0.25) is 15.0 Å². The van der Waals surface area contributed by atoms with Crippen molar-refractivity contribution in [2.75, 3.05) is 6.79 Å². The van der Waals surface area contributed by atoms with Crippen LogP contribution in [0.1, 0.15) is 77.9 Å². The summed E-state index contributed by atoms with van der Waals surface area (Å²) in [5.41, 5.74) is 6.50. The van der Waals surface area contributed by atoms with Gasteiger partial charge in [-0.2, -0.15) is 0 Å². The maximum atomic E-state index is 13.7. The van der Waals surface area contributed by atoms with Gasteiger partial charge in [-0.15, -0.1) is 0 Å². The minimum Gasteiger partial charge on any atom is -0.454 e. The van der Waals surface area contributed by atoms with Crippen molar-refractivity contribution in [2.45, 2.75) is 67.3 Å². The molecule has 2 aromatic rings. The summed E-state index contributed by atoms with van der Waals surface area (Å²) in [7, 11) is 0. The summed E-state index contributed by atoms with van der Waals surface area (Å²) >= 11 is 0. The van der Waals surface area contributed by atoms with Crippen molar-refractivity contribution < 1.29 is 19.1 Å². The van der Waals surface area contributed by atoms with Gasteiger partial charge >= 0.3 is 0 Å². The van der Waals surface area contributed by atoms with Gasteiger partial charge in [0.25, 0.3) is 11.8 Å². The van der Waals surface area contributed by atoms with Gasteiger partial charge in [-0.25, -0.2) is 5.01 Å². The average Bonchev–Trinajstić information content (AvgIpc) is 3.14. The lowest BCUT2D eigenvalue weighted by Crippen LogP contribution is -2.56. The Kier molecular flexibility index (Phi) is 6.82. The van der Waals surface area contributed by atoms with Crippen molar-refractivity contribution in [3.8, 4) is 11.5 Å². The highest BCUT2D eigenvalue weighted by Crippen LogP contribution is 2.35. The number of fused-ring (bicyclic) bond motifs is 1. The molecule has 1 N–H and O–H groups in total. The lowest BCUT2D eigenvalue weighted by Gasteiger charge is -2.40. The van der Waals surface area contributed by atoms with Crippen LogP contribution >= 0.6 is 0 Å². The van der Waals surface area contributed by atoms with Crippen molar-refractivity contribution in [1.29, 1.82) is 0 Å². The number of carbonyl (C=O) groups is 2. The Morgan fingerprint density at radius 3 is 2.16 bits per heavy atom. The number of hydrogen-bond acceptors (Lipinski definition) is 4. The van der Waals surface area contributed by atoms with E-state index in [1.165, 1.54) is 5.01 Å². The summed E-state index contributed by atoms with van der Waals surface area (Å²) in [6.45, 7) is 14.3. The first-order valence-corrected chi connectivity index (χ1v) is 11.1. The van der Waals surface area contributed by atoms with Crippen LogP contribution in [0.4, 0.5) is 0 Å². The third kappa shape index (κ3) is 5.06. The molecule has 1 atom stereocenters. The maximum absolute atomic E-state index is 13.7. The van der Waals surface area contributed by atoms with E-state index in [0.717, 1.165) is 29.5 Å². The van der Waals surface area contributed by atoms with Crippen molar-refractivity contribution >= 4 is 11.8 Å². The number of rotatable bonds is 5. The summed E-state index contributed by atoms with van der Waals surface area (Å²) in [5, 5.41) is 1.53. The molecule has 0 saturated heterocycles. The number of hydrazine groups is 1. The molecule has 0 saturated carbocycles. The molecule has 2 amide bonds. The van der Waals surface area contributed by atoms with Gasteiger partial charge in [0, 0.05) is 11.1 Å². The first-order valence-electron chi connectivity index (χ1n) is 11.1. The second kappa shape index (κ2) is 9.23. The van der Waals surface area contributed by atoms with E-state index in [0.29, 0.717) is 22.6 Å². The summed E-state index contributed by atoms with van der Waals surface area (Å²) in [5.74, 6) is 0.607. The Balaban J connectivity index is 2.00. The van der Waals surface area contributed by atoms with E-state index in [-0.39, 0.29) is 30.1 Å². The second-order valence-electron chi connectivity index (χ2n) is 9.68. The number of aryl methyl sites for hydroxylation is 3. The maximum Gasteiger partial charge on any atom is 0.272 e. The average molecular weight is 439 g/mol. The smallest absolute Gasteiger partial charge is 0.272 e. The molecule has 0 fully saturated rings. The lowest BCUT2D eigenvalue weighted by molar-refractivity contribution is 0.0270. The number of amides is 2. The van der Waals surface area contributed by atoms with Crippen molar-refractivity contribution in [1.82, 2.24) is 10.4 Å². The lowest BCUT2D eigenvalue weighted by atomic mass is 9.83. The van der Waals surface area contributed by atoms with Crippen LogP contribution in [0.15, 0.2) is 30.3 Å². The molecule has 6 heteroatoms. The number of carbonyl (C=O) groups excluding carboxylic acids is 2. The zero-order valence-corrected chi connectivity index (χ0v) is 20.2. The summed E-state index contributed by atoms with van der Waals surface area (Å²) in [6.07, 6.45) is 1.65. The molecule has 0 spiro atoms. The highest BCUT2D eigenvalue weighted by molar-refractivity contribution is 6.00. The van der Waals surface area contributed by atoms with Crippen LogP contribution in [-0.4, -0.2) is 29.7 Å². The minimum absolute atomic E-state index is 0.139. The largest absolute Gasteiger partial charge is 0.454 e. The van der Waals surface area contributed by atoms with Crippen LogP contribution in [0.2, 0.25) is 0 Å². The van der Waals surface area contributed by atoms with Crippen LogP contribution in [0.5, 0.6) is 11.5 Å². The topological polar surface area (TPSA) is 67.9 Å². The van der Waals surface area contributed by atoms with Gasteiger partial charge in [0.05, 0.1) is 6.04 Å². The number of nitrogens with one attached hydrogen (secondary N) is 1. The first-order chi connectivity index (χ1) is 15.0. The standard InChI is InChI=1S/C26H34N2O4/c1-8-9-23(26(5,6)7)28(25(30)19-11-16(2)10-17(3)12-19)27-24(29)20-14-22-21(13-18(20)4)31-15-32-22/h10-14,23H,8-9,15H2,1-7H3,(H,27,29)/t23-/m1/s1. The quantitative estimate of drug-likeness (QED) is 0.640. The number of ether oxygens (including phenoxy) is 2. The molecule has 0 bridgehead atoms. The summed E-state index contributed by atoms with van der Waals surface area (Å²) in [6, 6.07) is 9.05. The zero-order valence-electron chi connectivity index (χ0n) is 20.2. The van der Waals surface area contributed by atoms with Crippen LogP contribution in [0.25, 0.3) is 0 Å². The monoisotopic (exact) mass is 438 g/mol. The molecule has 0 radical (unpaired) electrons. The second-order valence-corrected chi connectivity index (χ2v) is 9.68. The minimum atomic E-state index is -0.344. The fourth-order valence-corrected chi connectivity index (χ4v) is 4.19. The zero-order chi connectivity index (χ0) is 23.6. The highest BCUT2D eigenvalue weighted by Gasteiger charge is 2.35. The van der Waals surface area contributed by atoms with Gasteiger partial charge in [0.15, 0.2) is 11.5 Å². The van der Waals surface area contributed by atoms with Gasteiger partial charge < -0.3 is 9.47 Å². The van der Waals surface area contributed by atoms with Crippen LogP contribution in [0, 0.1) is 26.2 Å². The Hall–Kier alpha value is -3.02. The molecule has 0 aliphatic carbocycles. The van der Waals surface area contributed by atoms with E-state index in [4.69, 9.17) is 9.47 Å². The Morgan fingerprint density at radius 1 is 1.00 bits per heavy atom. The van der Waals surface area contributed by atoms with Crippen molar-refractivity contribution in [2.24, 2.45) is 5.41 Å². The molecular weight excluding hydrogens is 404 g/mol. The van der Waals surface area contributed by atoms with E-state index >= 15 is 0 Å². The van der Waals surface area contributed by atoms with Gasteiger partial charge in [-0.1, -0.05) is 51.3 Å². The normalized spacial score (nSPS) is 13.6. The molecule has 1 heterocycles. The van der Waals surface area contributed by atoms with Crippen LogP contribution in [0.3, 0.4) is 0 Å². The van der Waals surface area contributed by atoms with E-state index < -0.39 is 0 Å². The van der Waals surface area contributed by atoms with Gasteiger partial charge in [0.1, 0.15) is 0 Å². The van der Waals surface area contributed by atoms with Crippen LogP contribution < -0.4 is 14.9 Å². The van der Waals surface area contributed by atoms with E-state index in [1.54, 1.807) is 12.1 Å². The third-order valence-electron chi connectivity index (χ3n) is 5.75. The van der Waals surface area contributed by atoms with Crippen molar-refractivity contribution in [3.05, 3.63) is 58.1 Å². The molecule has 6 nitrogen and oxygen atoms in total. The molecule has 2 aromatic carbocycles. The SMILES string of the molecule is CCC[C@@H](N(NC(=O)c1cc2c(cc1C)OCO2)C(=O)c1cc(C)cc(C)c1)C(C)(C)C. The fourth-order valence-electron chi connectivity index (χ4n) is 4.19. The Bertz CT molecular complexity index is 1000. The predicted octanol–water partition coefficient (Wildman–Crippen LogP) is 5.34. The molecular formula is C26H34N2O4. The van der Waals surface area contributed by atoms with Crippen molar-refractivity contribution in [3.63, 3.8) is 0 Å². The third-order valence-corrected chi connectivity index (χ3v) is 5.75. The predicted molar refractivity (Wildman–Crippen MR) is 125 cm³/mol. The fraction of sp³-hybridized carbons (Fsp3) is 0.462. The molecule has 1 aliphatic heterocycles. The molecule has 0 aromatic heterocycles. The number of benzene rings is 2. The highest BCUT2D eigenvalue weighted by atomic mass is 16.7. The van der Waals surface area contributed by atoms with E-state index in [2.05, 4.69) is 33.1 Å². The Morgan fingerprint density at radius 2 is 1.59 bits per heavy atom. The molecule has 3 rings (SSSR count). The molecule has 172 valence electrons. The Labute approximate surface area is 190 Å². The summed E-state index contributed by atoms with van der Waals surface area (Å²) < 4.78 is 10.9.